The number of aromatic nitrogens is 2. The zero-order chi connectivity index (χ0) is 15.4. The Morgan fingerprint density at radius 2 is 2.00 bits per heavy atom. The summed E-state index contributed by atoms with van der Waals surface area (Å²) in [5, 5.41) is 12.5. The van der Waals surface area contributed by atoms with Crippen molar-refractivity contribution in [2.75, 3.05) is 6.61 Å². The lowest BCUT2D eigenvalue weighted by Gasteiger charge is -2.14. The molecule has 3 rings (SSSR count). The summed E-state index contributed by atoms with van der Waals surface area (Å²) < 4.78 is 7.68. The van der Waals surface area contributed by atoms with Crippen LogP contribution >= 0.6 is 0 Å². The number of ether oxygens (including phenoxy) is 1. The fourth-order valence-corrected chi connectivity index (χ4v) is 2.55. The Labute approximate surface area is 130 Å². The lowest BCUT2D eigenvalue weighted by molar-refractivity contribution is 0.0918. The van der Waals surface area contributed by atoms with Crippen LogP contribution in [-0.2, 0) is 13.0 Å². The van der Waals surface area contributed by atoms with Crippen LogP contribution in [0.4, 0.5) is 0 Å². The first-order valence-corrected chi connectivity index (χ1v) is 7.56. The average molecular weight is 296 g/mol. The van der Waals surface area contributed by atoms with Crippen LogP contribution in [0.25, 0.3) is 10.8 Å². The molecule has 114 valence electrons. The van der Waals surface area contributed by atoms with Crippen molar-refractivity contribution >= 4 is 10.8 Å². The predicted octanol–water partition coefficient (Wildman–Crippen LogP) is 3.04. The third kappa shape index (κ3) is 3.28. The molecule has 1 atom stereocenters. The summed E-state index contributed by atoms with van der Waals surface area (Å²) >= 11 is 0. The Morgan fingerprint density at radius 1 is 1.18 bits per heavy atom. The maximum Gasteiger partial charge on any atom is 0.120 e. The number of benzene rings is 2. The number of rotatable bonds is 6. The van der Waals surface area contributed by atoms with Crippen molar-refractivity contribution in [3.8, 4) is 5.75 Å². The second-order valence-electron chi connectivity index (χ2n) is 5.32. The van der Waals surface area contributed by atoms with Crippen molar-refractivity contribution in [1.29, 1.82) is 0 Å². The van der Waals surface area contributed by atoms with Gasteiger partial charge in [-0.05, 0) is 22.9 Å². The minimum atomic E-state index is -0.564. The van der Waals surface area contributed by atoms with E-state index in [1.807, 2.05) is 41.1 Å². The van der Waals surface area contributed by atoms with Crippen LogP contribution < -0.4 is 4.74 Å². The third-order valence-electron chi connectivity index (χ3n) is 3.69. The van der Waals surface area contributed by atoms with E-state index >= 15 is 0 Å². The molecule has 0 aliphatic carbocycles. The van der Waals surface area contributed by atoms with Crippen molar-refractivity contribution in [3.05, 3.63) is 60.7 Å². The van der Waals surface area contributed by atoms with Crippen LogP contribution in [0.1, 0.15) is 12.7 Å². The summed E-state index contributed by atoms with van der Waals surface area (Å²) in [6.07, 6.45) is 3.94. The molecule has 0 aliphatic heterocycles. The van der Waals surface area contributed by atoms with Crippen LogP contribution in [0.15, 0.2) is 54.9 Å². The lowest BCUT2D eigenvalue weighted by Crippen LogP contribution is -2.24. The summed E-state index contributed by atoms with van der Waals surface area (Å²) in [6, 6.07) is 14.1. The van der Waals surface area contributed by atoms with Crippen LogP contribution in [0.5, 0.6) is 5.75 Å². The Balaban J connectivity index is 1.61. The van der Waals surface area contributed by atoms with E-state index in [1.54, 1.807) is 6.20 Å². The number of aliphatic hydroxyl groups excluding tert-OH is 1. The van der Waals surface area contributed by atoms with E-state index in [0.29, 0.717) is 6.54 Å². The van der Waals surface area contributed by atoms with Gasteiger partial charge in [0.1, 0.15) is 24.3 Å². The van der Waals surface area contributed by atoms with E-state index in [0.717, 1.165) is 23.4 Å². The van der Waals surface area contributed by atoms with Crippen LogP contribution in [-0.4, -0.2) is 27.4 Å². The van der Waals surface area contributed by atoms with Gasteiger partial charge in [-0.25, -0.2) is 4.98 Å². The molecule has 0 spiro atoms. The van der Waals surface area contributed by atoms with Gasteiger partial charge >= 0.3 is 0 Å². The highest BCUT2D eigenvalue weighted by molar-refractivity contribution is 5.83. The molecule has 1 aromatic heterocycles. The van der Waals surface area contributed by atoms with Gasteiger partial charge in [0, 0.05) is 18.8 Å². The van der Waals surface area contributed by atoms with Crippen molar-refractivity contribution in [2.24, 2.45) is 0 Å². The third-order valence-corrected chi connectivity index (χ3v) is 3.69. The van der Waals surface area contributed by atoms with Crippen molar-refractivity contribution in [1.82, 2.24) is 9.55 Å². The number of imidazole rings is 1. The number of hydrogen-bond donors (Lipinski definition) is 1. The standard InChI is InChI=1S/C18H20N2O2/c1-2-18-19-9-10-20(18)12-16(21)13-22-17-8-7-14-5-3-4-6-15(14)11-17/h3-11,16,21H,2,12-13H2,1H3. The summed E-state index contributed by atoms with van der Waals surface area (Å²) in [4.78, 5) is 4.25. The number of aryl methyl sites for hydroxylation is 1. The normalized spacial score (nSPS) is 12.5. The highest BCUT2D eigenvalue weighted by Gasteiger charge is 2.09. The highest BCUT2D eigenvalue weighted by Crippen LogP contribution is 2.20. The van der Waals surface area contributed by atoms with Gasteiger partial charge in [-0.1, -0.05) is 37.3 Å². The number of aliphatic hydroxyl groups is 1. The van der Waals surface area contributed by atoms with Crippen molar-refractivity contribution in [3.63, 3.8) is 0 Å². The second kappa shape index (κ2) is 6.62. The Morgan fingerprint density at radius 3 is 2.82 bits per heavy atom. The summed E-state index contributed by atoms with van der Waals surface area (Å²) in [6.45, 7) is 2.81. The highest BCUT2D eigenvalue weighted by atomic mass is 16.5. The molecule has 0 bridgehead atoms. The van der Waals surface area contributed by atoms with Crippen LogP contribution in [0.2, 0.25) is 0 Å². The predicted molar refractivity (Wildman–Crippen MR) is 87.1 cm³/mol. The first kappa shape index (κ1) is 14.6. The Bertz CT molecular complexity index is 751. The largest absolute Gasteiger partial charge is 0.491 e. The molecule has 0 fully saturated rings. The molecule has 1 unspecified atom stereocenters. The molecular weight excluding hydrogens is 276 g/mol. The Hall–Kier alpha value is -2.33. The minimum Gasteiger partial charge on any atom is -0.491 e. The maximum atomic E-state index is 10.1. The molecule has 4 heteroatoms. The minimum absolute atomic E-state index is 0.264. The Kier molecular flexibility index (Phi) is 4.39. The zero-order valence-corrected chi connectivity index (χ0v) is 12.6. The van der Waals surface area contributed by atoms with Crippen LogP contribution in [0.3, 0.4) is 0 Å². The topological polar surface area (TPSA) is 47.3 Å². The smallest absolute Gasteiger partial charge is 0.120 e. The summed E-state index contributed by atoms with van der Waals surface area (Å²) in [5.74, 6) is 1.75. The van der Waals surface area contributed by atoms with Gasteiger partial charge in [0.15, 0.2) is 0 Å². The zero-order valence-electron chi connectivity index (χ0n) is 12.6. The quantitative estimate of drug-likeness (QED) is 0.760. The number of fused-ring (bicyclic) bond motifs is 1. The fourth-order valence-electron chi connectivity index (χ4n) is 2.55. The van der Waals surface area contributed by atoms with Gasteiger partial charge in [0.25, 0.3) is 0 Å². The molecule has 4 nitrogen and oxygen atoms in total. The van der Waals surface area contributed by atoms with Gasteiger partial charge < -0.3 is 14.4 Å². The first-order valence-electron chi connectivity index (χ1n) is 7.56. The maximum absolute atomic E-state index is 10.1. The monoisotopic (exact) mass is 296 g/mol. The van der Waals surface area contributed by atoms with E-state index in [4.69, 9.17) is 4.74 Å². The summed E-state index contributed by atoms with van der Waals surface area (Å²) in [7, 11) is 0. The molecule has 1 heterocycles. The fraction of sp³-hybridized carbons (Fsp3) is 0.278. The van der Waals surface area contributed by atoms with E-state index in [1.165, 1.54) is 5.39 Å². The molecule has 0 aliphatic rings. The SMILES string of the molecule is CCc1nccn1CC(O)COc1ccc2ccccc2c1. The number of nitrogens with zero attached hydrogens (tertiary/aromatic N) is 2. The molecular formula is C18H20N2O2. The molecule has 0 radical (unpaired) electrons. The molecule has 2 aromatic carbocycles. The average Bonchev–Trinajstić information content (AvgIpc) is 3.00. The van der Waals surface area contributed by atoms with Gasteiger partial charge in [0.2, 0.25) is 0 Å². The van der Waals surface area contributed by atoms with Gasteiger partial charge in [-0.15, -0.1) is 0 Å². The van der Waals surface area contributed by atoms with E-state index < -0.39 is 6.10 Å². The molecule has 0 saturated heterocycles. The first-order chi connectivity index (χ1) is 10.8. The van der Waals surface area contributed by atoms with Gasteiger partial charge in [-0.2, -0.15) is 0 Å². The van der Waals surface area contributed by atoms with Gasteiger partial charge in [0.05, 0.1) is 6.54 Å². The lowest BCUT2D eigenvalue weighted by atomic mass is 10.1. The molecule has 22 heavy (non-hydrogen) atoms. The van der Waals surface area contributed by atoms with E-state index in [-0.39, 0.29) is 6.61 Å². The summed E-state index contributed by atoms with van der Waals surface area (Å²) in [5.41, 5.74) is 0. The molecule has 0 amide bonds. The van der Waals surface area contributed by atoms with E-state index in [9.17, 15) is 5.11 Å². The molecule has 1 N–H and O–H groups in total. The second-order valence-corrected chi connectivity index (χ2v) is 5.32. The number of hydrogen-bond acceptors (Lipinski definition) is 3. The van der Waals surface area contributed by atoms with Crippen molar-refractivity contribution < 1.29 is 9.84 Å². The molecule has 3 aromatic rings. The van der Waals surface area contributed by atoms with Gasteiger partial charge in [-0.3, -0.25) is 0 Å². The van der Waals surface area contributed by atoms with Crippen molar-refractivity contribution in [2.45, 2.75) is 26.0 Å². The molecule has 0 saturated carbocycles. The van der Waals surface area contributed by atoms with E-state index in [2.05, 4.69) is 24.0 Å². The van der Waals surface area contributed by atoms with Crippen LogP contribution in [0, 0.1) is 0 Å².